The van der Waals surface area contributed by atoms with Crippen molar-refractivity contribution in [3.63, 3.8) is 0 Å². The smallest absolute Gasteiger partial charge is 0.271 e. The fourth-order valence-electron chi connectivity index (χ4n) is 2.41. The Morgan fingerprint density at radius 2 is 2.00 bits per heavy atom. The number of hydrogen-bond acceptors (Lipinski definition) is 4. The van der Waals surface area contributed by atoms with Crippen LogP contribution in [0.25, 0.3) is 11.0 Å². The van der Waals surface area contributed by atoms with Gasteiger partial charge in [0.15, 0.2) is 0 Å². The maximum absolute atomic E-state index is 10.8. The Morgan fingerprint density at radius 1 is 1.23 bits per heavy atom. The molecule has 3 aromatic rings. The van der Waals surface area contributed by atoms with Crippen LogP contribution in [0, 0.1) is 10.1 Å². The molecule has 0 atom stereocenters. The van der Waals surface area contributed by atoms with Crippen LogP contribution in [0.5, 0.6) is 0 Å². The monoisotopic (exact) mass is 296 g/mol. The Balaban J connectivity index is 1.96. The molecule has 0 spiro atoms. The molecule has 22 heavy (non-hydrogen) atoms. The number of hydrogen-bond donors (Lipinski definition) is 2. The van der Waals surface area contributed by atoms with Crippen LogP contribution >= 0.6 is 0 Å². The van der Waals surface area contributed by atoms with Crippen LogP contribution in [0.4, 0.5) is 17.3 Å². The first-order valence-corrected chi connectivity index (χ1v) is 7.04. The fraction of sp³-hybridized carbons (Fsp3) is 0.188. The molecular weight excluding hydrogens is 280 g/mol. The van der Waals surface area contributed by atoms with Crippen LogP contribution in [0.3, 0.4) is 0 Å². The molecule has 3 rings (SSSR count). The van der Waals surface area contributed by atoms with Crippen LogP contribution < -0.4 is 5.32 Å². The Labute approximate surface area is 127 Å². The maximum atomic E-state index is 10.8. The molecule has 2 aromatic carbocycles. The van der Waals surface area contributed by atoms with Gasteiger partial charge >= 0.3 is 0 Å². The zero-order valence-electron chi connectivity index (χ0n) is 12.3. The summed E-state index contributed by atoms with van der Waals surface area (Å²) in [6.07, 6.45) is 0. The van der Waals surface area contributed by atoms with Crippen molar-refractivity contribution in [1.29, 1.82) is 0 Å². The normalized spacial score (nSPS) is 11.0. The number of fused-ring (bicyclic) bond motifs is 1. The number of non-ortho nitro benzene ring substituents is 1. The summed E-state index contributed by atoms with van der Waals surface area (Å²) in [5, 5.41) is 14.1. The Kier molecular flexibility index (Phi) is 3.50. The molecule has 0 aliphatic rings. The lowest BCUT2D eigenvalue weighted by Gasteiger charge is -2.12. The van der Waals surface area contributed by atoms with E-state index in [0.29, 0.717) is 17.4 Å². The van der Waals surface area contributed by atoms with Crippen LogP contribution in [0.1, 0.15) is 25.3 Å². The number of rotatable bonds is 4. The zero-order chi connectivity index (χ0) is 15.7. The van der Waals surface area contributed by atoms with E-state index in [1.807, 2.05) is 18.2 Å². The fourth-order valence-corrected chi connectivity index (χ4v) is 2.41. The van der Waals surface area contributed by atoms with Crippen LogP contribution in [-0.4, -0.2) is 14.9 Å². The summed E-state index contributed by atoms with van der Waals surface area (Å²) in [5.74, 6) is 0.956. The van der Waals surface area contributed by atoms with E-state index in [0.717, 1.165) is 11.2 Å². The van der Waals surface area contributed by atoms with E-state index in [-0.39, 0.29) is 5.69 Å². The summed E-state index contributed by atoms with van der Waals surface area (Å²) in [6, 6.07) is 12.6. The highest BCUT2D eigenvalue weighted by Crippen LogP contribution is 2.27. The third-order valence-electron chi connectivity index (χ3n) is 3.51. The van der Waals surface area contributed by atoms with Gasteiger partial charge in [0.05, 0.1) is 16.0 Å². The summed E-state index contributed by atoms with van der Waals surface area (Å²) in [6.45, 7) is 4.25. The first-order valence-electron chi connectivity index (χ1n) is 7.04. The van der Waals surface area contributed by atoms with Crippen molar-refractivity contribution in [3.05, 3.63) is 58.1 Å². The average Bonchev–Trinajstić information content (AvgIpc) is 2.88. The Hall–Kier alpha value is -2.89. The zero-order valence-corrected chi connectivity index (χ0v) is 12.3. The number of nitrogens with zero attached hydrogens (tertiary/aromatic N) is 2. The standard InChI is InChI=1S/C16H16N4O2/c1-10(2)12-5-3-4-6-13(12)17-16-18-14-8-7-11(20(21)22)9-15(14)19-16/h3-10H,1-2H3,(H2,17,18,19). The predicted molar refractivity (Wildman–Crippen MR) is 86.6 cm³/mol. The molecular formula is C16H16N4O2. The quantitative estimate of drug-likeness (QED) is 0.554. The van der Waals surface area contributed by atoms with Gasteiger partial charge in [0.2, 0.25) is 5.95 Å². The molecule has 112 valence electrons. The summed E-state index contributed by atoms with van der Waals surface area (Å²) >= 11 is 0. The minimum atomic E-state index is -0.421. The molecule has 2 N–H and O–H groups in total. The Bertz CT molecular complexity index is 839. The second-order valence-corrected chi connectivity index (χ2v) is 5.41. The summed E-state index contributed by atoms with van der Waals surface area (Å²) in [4.78, 5) is 17.9. The van der Waals surface area contributed by atoms with Gasteiger partial charge in [-0.15, -0.1) is 0 Å². The molecule has 0 aliphatic heterocycles. The number of nitro benzene ring substituents is 1. The van der Waals surface area contributed by atoms with Crippen molar-refractivity contribution in [3.8, 4) is 0 Å². The first kappa shape index (κ1) is 14.1. The molecule has 6 heteroatoms. The van der Waals surface area contributed by atoms with Gasteiger partial charge in [0, 0.05) is 17.8 Å². The van der Waals surface area contributed by atoms with Gasteiger partial charge in [-0.1, -0.05) is 32.0 Å². The molecule has 0 amide bonds. The topological polar surface area (TPSA) is 83.8 Å². The third-order valence-corrected chi connectivity index (χ3v) is 3.51. The van der Waals surface area contributed by atoms with Crippen LogP contribution in [0.15, 0.2) is 42.5 Å². The van der Waals surface area contributed by atoms with Crippen molar-refractivity contribution in [1.82, 2.24) is 9.97 Å². The molecule has 1 aromatic heterocycles. The highest BCUT2D eigenvalue weighted by Gasteiger charge is 2.11. The Morgan fingerprint density at radius 3 is 2.73 bits per heavy atom. The second-order valence-electron chi connectivity index (χ2n) is 5.41. The third kappa shape index (κ3) is 2.63. The van der Waals surface area contributed by atoms with Crippen molar-refractivity contribution < 1.29 is 4.92 Å². The van der Waals surface area contributed by atoms with Gasteiger partial charge in [-0.05, 0) is 23.6 Å². The lowest BCUT2D eigenvalue weighted by atomic mass is 10.0. The molecule has 0 radical (unpaired) electrons. The average molecular weight is 296 g/mol. The lowest BCUT2D eigenvalue weighted by Crippen LogP contribution is -1.98. The summed E-state index contributed by atoms with van der Waals surface area (Å²) in [5.41, 5.74) is 3.53. The van der Waals surface area contributed by atoms with Gasteiger partial charge in [-0.25, -0.2) is 4.98 Å². The molecule has 0 fully saturated rings. The molecule has 0 saturated carbocycles. The highest BCUT2D eigenvalue weighted by atomic mass is 16.6. The van der Waals surface area contributed by atoms with Gasteiger partial charge in [-0.2, -0.15) is 0 Å². The molecule has 6 nitrogen and oxygen atoms in total. The van der Waals surface area contributed by atoms with Crippen molar-refractivity contribution in [2.24, 2.45) is 0 Å². The number of nitrogens with one attached hydrogen (secondary N) is 2. The number of benzene rings is 2. The summed E-state index contributed by atoms with van der Waals surface area (Å²) < 4.78 is 0. The van der Waals surface area contributed by atoms with E-state index in [9.17, 15) is 10.1 Å². The maximum Gasteiger partial charge on any atom is 0.271 e. The molecule has 1 heterocycles. The molecule has 0 bridgehead atoms. The lowest BCUT2D eigenvalue weighted by molar-refractivity contribution is -0.384. The van der Waals surface area contributed by atoms with Crippen molar-refractivity contribution >= 4 is 28.4 Å². The van der Waals surface area contributed by atoms with E-state index in [2.05, 4.69) is 35.2 Å². The number of aromatic nitrogens is 2. The molecule has 0 saturated heterocycles. The van der Waals surface area contributed by atoms with Crippen molar-refractivity contribution in [2.45, 2.75) is 19.8 Å². The highest BCUT2D eigenvalue weighted by molar-refractivity contribution is 5.80. The predicted octanol–water partition coefficient (Wildman–Crippen LogP) is 4.34. The number of para-hydroxylation sites is 1. The number of nitro groups is 1. The van der Waals surface area contributed by atoms with E-state index in [4.69, 9.17) is 0 Å². The first-order chi connectivity index (χ1) is 10.5. The van der Waals surface area contributed by atoms with Gasteiger partial charge in [0.1, 0.15) is 0 Å². The minimum absolute atomic E-state index is 0.0353. The van der Waals surface area contributed by atoms with Gasteiger partial charge < -0.3 is 10.3 Å². The van der Waals surface area contributed by atoms with Crippen LogP contribution in [-0.2, 0) is 0 Å². The minimum Gasteiger partial charge on any atom is -0.325 e. The number of H-pyrrole nitrogens is 1. The van der Waals surface area contributed by atoms with E-state index in [1.165, 1.54) is 17.7 Å². The number of anilines is 2. The summed E-state index contributed by atoms with van der Waals surface area (Å²) in [7, 11) is 0. The second kappa shape index (κ2) is 5.48. The van der Waals surface area contributed by atoms with Crippen LogP contribution in [0.2, 0.25) is 0 Å². The SMILES string of the molecule is CC(C)c1ccccc1Nc1nc2cc([N+](=O)[O-])ccc2[nH]1. The van der Waals surface area contributed by atoms with E-state index in [1.54, 1.807) is 6.07 Å². The molecule has 0 aliphatic carbocycles. The largest absolute Gasteiger partial charge is 0.325 e. The van der Waals surface area contributed by atoms with E-state index < -0.39 is 4.92 Å². The number of aromatic amines is 1. The van der Waals surface area contributed by atoms with Crippen molar-refractivity contribution in [2.75, 3.05) is 5.32 Å². The number of imidazole rings is 1. The van der Waals surface area contributed by atoms with E-state index >= 15 is 0 Å². The van der Waals surface area contributed by atoms with Gasteiger partial charge in [-0.3, -0.25) is 10.1 Å². The molecule has 0 unspecified atom stereocenters. The van der Waals surface area contributed by atoms with Gasteiger partial charge in [0.25, 0.3) is 5.69 Å².